The third kappa shape index (κ3) is 5.20. The van der Waals surface area contributed by atoms with Crippen molar-refractivity contribution < 1.29 is 4.74 Å². The van der Waals surface area contributed by atoms with Crippen molar-refractivity contribution in [2.45, 2.75) is 50.6 Å². The normalized spacial score (nSPS) is 23.3. The molecule has 2 aromatic rings. The number of pyridine rings is 2. The Morgan fingerprint density at radius 1 is 0.893 bits per heavy atom. The van der Waals surface area contributed by atoms with E-state index < -0.39 is 0 Å². The van der Waals surface area contributed by atoms with E-state index in [1.807, 2.05) is 12.4 Å². The summed E-state index contributed by atoms with van der Waals surface area (Å²) < 4.78 is 5.44. The van der Waals surface area contributed by atoms with Gasteiger partial charge in [-0.2, -0.15) is 0 Å². The molecule has 1 aliphatic carbocycles. The van der Waals surface area contributed by atoms with Crippen molar-refractivity contribution in [2.24, 2.45) is 11.7 Å². The maximum atomic E-state index is 6.02. The number of nitrogens with two attached hydrogens (primary N) is 1. The van der Waals surface area contributed by atoms with E-state index >= 15 is 0 Å². The lowest BCUT2D eigenvalue weighted by molar-refractivity contribution is 0.0699. The lowest BCUT2D eigenvalue weighted by Crippen LogP contribution is -2.32. The van der Waals surface area contributed by atoms with Gasteiger partial charge >= 0.3 is 0 Å². The number of ether oxygens (including phenoxy) is 1. The fourth-order valence-electron chi connectivity index (χ4n) is 4.07. The summed E-state index contributed by atoms with van der Waals surface area (Å²) in [5, 5.41) is 7.08. The van der Waals surface area contributed by atoms with Crippen LogP contribution in [0.2, 0.25) is 0 Å². The van der Waals surface area contributed by atoms with E-state index in [0.29, 0.717) is 18.0 Å². The average molecular weight is 382 g/mol. The molecule has 2 fully saturated rings. The molecular formula is C22H31N5O. The van der Waals surface area contributed by atoms with Crippen molar-refractivity contribution in [3.8, 4) is 11.1 Å². The van der Waals surface area contributed by atoms with Gasteiger partial charge in [0.05, 0.1) is 0 Å². The molecule has 0 atom stereocenters. The summed E-state index contributed by atoms with van der Waals surface area (Å²) in [4.78, 5) is 9.00. The van der Waals surface area contributed by atoms with Gasteiger partial charge in [-0.05, 0) is 79.8 Å². The van der Waals surface area contributed by atoms with Gasteiger partial charge in [0.15, 0.2) is 0 Å². The zero-order chi connectivity index (χ0) is 19.2. The van der Waals surface area contributed by atoms with Gasteiger partial charge in [0, 0.05) is 44.2 Å². The first-order chi connectivity index (χ1) is 13.8. The fraction of sp³-hybridized carbons (Fsp3) is 0.545. The molecule has 0 spiro atoms. The van der Waals surface area contributed by atoms with Crippen molar-refractivity contribution >= 4 is 11.6 Å². The summed E-state index contributed by atoms with van der Waals surface area (Å²) in [5.74, 6) is 2.53. The van der Waals surface area contributed by atoms with Crippen molar-refractivity contribution in [1.82, 2.24) is 9.97 Å². The first-order valence-electron chi connectivity index (χ1n) is 10.5. The first-order valence-corrected chi connectivity index (χ1v) is 10.5. The highest BCUT2D eigenvalue weighted by molar-refractivity contribution is 5.68. The van der Waals surface area contributed by atoms with Crippen LogP contribution in [0.1, 0.15) is 38.5 Å². The molecule has 2 aliphatic rings. The molecule has 2 aromatic heterocycles. The molecule has 4 rings (SSSR count). The Balaban J connectivity index is 1.39. The number of anilines is 2. The molecule has 0 unspecified atom stereocenters. The van der Waals surface area contributed by atoms with Crippen LogP contribution in [-0.4, -0.2) is 41.8 Å². The van der Waals surface area contributed by atoms with Gasteiger partial charge in [-0.1, -0.05) is 0 Å². The third-order valence-corrected chi connectivity index (χ3v) is 5.89. The van der Waals surface area contributed by atoms with Gasteiger partial charge in [-0.25, -0.2) is 9.97 Å². The minimum absolute atomic E-state index is 0.362. The van der Waals surface area contributed by atoms with Crippen LogP contribution in [0, 0.1) is 5.92 Å². The molecular weight excluding hydrogens is 350 g/mol. The Morgan fingerprint density at radius 2 is 1.54 bits per heavy atom. The Hall–Kier alpha value is -2.18. The predicted molar refractivity (Wildman–Crippen MR) is 113 cm³/mol. The topological polar surface area (TPSA) is 85.1 Å². The molecule has 1 saturated heterocycles. The number of hydrogen-bond acceptors (Lipinski definition) is 6. The van der Waals surface area contributed by atoms with Crippen LogP contribution < -0.4 is 16.4 Å². The summed E-state index contributed by atoms with van der Waals surface area (Å²) in [5.41, 5.74) is 8.32. The Labute approximate surface area is 167 Å². The molecule has 3 heterocycles. The van der Waals surface area contributed by atoms with Crippen LogP contribution in [0.25, 0.3) is 11.1 Å². The van der Waals surface area contributed by atoms with Gasteiger partial charge in [0.1, 0.15) is 11.6 Å². The molecule has 1 saturated carbocycles. The highest BCUT2D eigenvalue weighted by Crippen LogP contribution is 2.26. The number of hydrogen-bond donors (Lipinski definition) is 3. The fourth-order valence-corrected chi connectivity index (χ4v) is 4.07. The largest absolute Gasteiger partial charge is 0.381 e. The van der Waals surface area contributed by atoms with Crippen molar-refractivity contribution in [3.05, 3.63) is 36.7 Å². The van der Waals surface area contributed by atoms with Crippen LogP contribution in [0.3, 0.4) is 0 Å². The summed E-state index contributed by atoms with van der Waals surface area (Å²) in [6.45, 7) is 2.70. The number of aromatic nitrogens is 2. The van der Waals surface area contributed by atoms with E-state index in [1.54, 1.807) is 0 Å². The van der Waals surface area contributed by atoms with Crippen LogP contribution in [0.4, 0.5) is 11.6 Å². The molecule has 150 valence electrons. The highest BCUT2D eigenvalue weighted by Gasteiger charge is 2.18. The van der Waals surface area contributed by atoms with Crippen LogP contribution >= 0.6 is 0 Å². The van der Waals surface area contributed by atoms with E-state index in [1.165, 1.54) is 0 Å². The van der Waals surface area contributed by atoms with E-state index in [2.05, 4.69) is 44.9 Å². The minimum Gasteiger partial charge on any atom is -0.381 e. The lowest BCUT2D eigenvalue weighted by atomic mass is 9.92. The van der Waals surface area contributed by atoms with Crippen LogP contribution in [0.15, 0.2) is 36.7 Å². The minimum atomic E-state index is 0.362. The van der Waals surface area contributed by atoms with Crippen molar-refractivity contribution in [3.63, 3.8) is 0 Å². The van der Waals surface area contributed by atoms with E-state index in [9.17, 15) is 0 Å². The maximum Gasteiger partial charge on any atom is 0.126 e. The van der Waals surface area contributed by atoms with Gasteiger partial charge in [-0.3, -0.25) is 0 Å². The number of nitrogens with one attached hydrogen (secondary N) is 2. The molecule has 28 heavy (non-hydrogen) atoms. The Morgan fingerprint density at radius 3 is 2.25 bits per heavy atom. The summed E-state index contributed by atoms with van der Waals surface area (Å²) >= 11 is 0. The lowest BCUT2D eigenvalue weighted by Gasteiger charge is -2.27. The molecule has 6 nitrogen and oxygen atoms in total. The highest BCUT2D eigenvalue weighted by atomic mass is 16.5. The molecule has 6 heteroatoms. The Kier molecular flexibility index (Phi) is 6.39. The van der Waals surface area contributed by atoms with Crippen LogP contribution in [0.5, 0.6) is 0 Å². The second-order valence-corrected chi connectivity index (χ2v) is 8.05. The first kappa shape index (κ1) is 19.2. The van der Waals surface area contributed by atoms with Crippen molar-refractivity contribution in [1.29, 1.82) is 0 Å². The zero-order valence-electron chi connectivity index (χ0n) is 16.4. The van der Waals surface area contributed by atoms with Crippen LogP contribution in [-0.2, 0) is 4.74 Å². The maximum absolute atomic E-state index is 6.02. The summed E-state index contributed by atoms with van der Waals surface area (Å²) in [6.07, 6.45) is 10.4. The third-order valence-electron chi connectivity index (χ3n) is 5.89. The smallest absolute Gasteiger partial charge is 0.126 e. The summed E-state index contributed by atoms with van der Waals surface area (Å²) in [7, 11) is 0. The zero-order valence-corrected chi connectivity index (χ0v) is 16.4. The van der Waals surface area contributed by atoms with E-state index in [-0.39, 0.29) is 0 Å². The second-order valence-electron chi connectivity index (χ2n) is 8.05. The Bertz CT molecular complexity index is 754. The SMILES string of the molecule is NC1CCC(Nc2cc(-c3ccnc(NCC4CCOCC4)c3)ccn2)CC1. The molecule has 4 N–H and O–H groups in total. The van der Waals surface area contributed by atoms with E-state index in [4.69, 9.17) is 10.5 Å². The van der Waals surface area contributed by atoms with Gasteiger partial charge in [-0.15, -0.1) is 0 Å². The number of nitrogens with zero attached hydrogens (tertiary/aromatic N) is 2. The monoisotopic (exact) mass is 381 g/mol. The second kappa shape index (κ2) is 9.34. The molecule has 0 amide bonds. The molecule has 0 bridgehead atoms. The van der Waals surface area contributed by atoms with Crippen molar-refractivity contribution in [2.75, 3.05) is 30.4 Å². The quantitative estimate of drug-likeness (QED) is 0.708. The number of rotatable bonds is 6. The standard InChI is InChI=1S/C22H31N5O/c23-19-1-3-20(4-2-19)27-22-14-18(6-10-25-22)17-5-9-24-21(13-17)26-15-16-7-11-28-12-8-16/h5-6,9-10,13-14,16,19-20H,1-4,7-8,11-12,15,23H2,(H,24,26)(H,25,27). The average Bonchev–Trinajstić information content (AvgIpc) is 2.75. The van der Waals surface area contributed by atoms with Gasteiger partial charge < -0.3 is 21.1 Å². The summed E-state index contributed by atoms with van der Waals surface area (Å²) in [6, 6.07) is 9.19. The predicted octanol–water partition coefficient (Wildman–Crippen LogP) is 3.66. The molecule has 0 radical (unpaired) electrons. The molecule has 0 aromatic carbocycles. The molecule has 1 aliphatic heterocycles. The van der Waals surface area contributed by atoms with E-state index in [0.717, 1.165) is 81.0 Å². The van der Waals surface area contributed by atoms with Gasteiger partial charge in [0.2, 0.25) is 0 Å². The van der Waals surface area contributed by atoms with Gasteiger partial charge in [0.25, 0.3) is 0 Å².